The minimum Gasteiger partial charge on any atom is -0.326 e. The Balaban J connectivity index is 2.41. The summed E-state index contributed by atoms with van der Waals surface area (Å²) in [5.74, 6) is 0.333. The molecule has 1 aromatic carbocycles. The van der Waals surface area contributed by atoms with Gasteiger partial charge in [0, 0.05) is 12.3 Å². The molecule has 0 bridgehead atoms. The zero-order valence-electron chi connectivity index (χ0n) is 11.0. The highest BCUT2D eigenvalue weighted by atomic mass is 35.5. The third kappa shape index (κ3) is 3.63. The van der Waals surface area contributed by atoms with Crippen LogP contribution in [-0.2, 0) is 6.54 Å². The fourth-order valence-electron chi connectivity index (χ4n) is 2.05. The summed E-state index contributed by atoms with van der Waals surface area (Å²) in [7, 11) is 0. The lowest BCUT2D eigenvalue weighted by Gasteiger charge is -2.11. The predicted octanol–water partition coefficient (Wildman–Crippen LogP) is 4.46. The van der Waals surface area contributed by atoms with Gasteiger partial charge in [0.1, 0.15) is 17.4 Å². The molecular formula is C13H11ClF3N3S. The van der Waals surface area contributed by atoms with Crippen molar-refractivity contribution >= 4 is 34.4 Å². The number of nitriles is 1. The molecule has 0 N–H and O–H groups in total. The number of imidazole rings is 1. The highest BCUT2D eigenvalue weighted by Gasteiger charge is 2.28. The van der Waals surface area contributed by atoms with Crippen molar-refractivity contribution in [2.45, 2.75) is 24.4 Å². The first-order valence-electron chi connectivity index (χ1n) is 6.07. The molecule has 0 amide bonds. The van der Waals surface area contributed by atoms with E-state index in [0.29, 0.717) is 22.4 Å². The van der Waals surface area contributed by atoms with Crippen LogP contribution in [0.3, 0.4) is 0 Å². The Kier molecular flexibility index (Phi) is 4.69. The van der Waals surface area contributed by atoms with Crippen LogP contribution in [0.25, 0.3) is 11.0 Å². The number of aryl methyl sites for hydroxylation is 1. The highest BCUT2D eigenvalue weighted by Crippen LogP contribution is 2.32. The van der Waals surface area contributed by atoms with E-state index in [-0.39, 0.29) is 24.1 Å². The van der Waals surface area contributed by atoms with Crippen molar-refractivity contribution in [1.29, 1.82) is 5.26 Å². The van der Waals surface area contributed by atoms with Gasteiger partial charge in [0.15, 0.2) is 0 Å². The third-order valence-electron chi connectivity index (χ3n) is 2.87. The molecule has 0 aliphatic rings. The van der Waals surface area contributed by atoms with Gasteiger partial charge in [0.25, 0.3) is 0 Å². The van der Waals surface area contributed by atoms with Crippen LogP contribution in [-0.4, -0.2) is 20.8 Å². The lowest BCUT2D eigenvalue weighted by Crippen LogP contribution is -2.10. The number of hydrogen-bond donors (Lipinski definition) is 0. The average molecular weight is 334 g/mol. The molecule has 1 atom stereocenters. The molecule has 2 rings (SSSR count). The largest absolute Gasteiger partial charge is 0.441 e. The van der Waals surface area contributed by atoms with Gasteiger partial charge in [0.2, 0.25) is 0 Å². The van der Waals surface area contributed by atoms with Crippen molar-refractivity contribution in [1.82, 2.24) is 9.55 Å². The molecule has 1 aromatic heterocycles. The molecule has 8 heteroatoms. The first-order chi connectivity index (χ1) is 9.83. The van der Waals surface area contributed by atoms with Gasteiger partial charge < -0.3 is 4.57 Å². The van der Waals surface area contributed by atoms with Crippen molar-refractivity contribution < 1.29 is 13.2 Å². The summed E-state index contributed by atoms with van der Waals surface area (Å²) in [6, 6.07) is 7.05. The lowest BCUT2D eigenvalue weighted by atomic mass is 10.2. The molecule has 21 heavy (non-hydrogen) atoms. The molecule has 1 heterocycles. The summed E-state index contributed by atoms with van der Waals surface area (Å²) in [6.45, 7) is 1.82. The topological polar surface area (TPSA) is 41.6 Å². The van der Waals surface area contributed by atoms with Gasteiger partial charge in [-0.05, 0) is 30.8 Å². The number of halogens is 4. The van der Waals surface area contributed by atoms with E-state index in [0.717, 1.165) is 0 Å². The lowest BCUT2D eigenvalue weighted by molar-refractivity contribution is -0.0328. The summed E-state index contributed by atoms with van der Waals surface area (Å²) in [5.41, 5.74) is -2.78. The van der Waals surface area contributed by atoms with Gasteiger partial charge in [-0.1, -0.05) is 6.07 Å². The van der Waals surface area contributed by atoms with Crippen LogP contribution in [0, 0.1) is 11.3 Å². The van der Waals surface area contributed by atoms with Crippen LogP contribution < -0.4 is 0 Å². The number of aromatic nitrogens is 2. The number of thioether (sulfide) groups is 1. The smallest absolute Gasteiger partial charge is 0.326 e. The molecule has 0 aliphatic heterocycles. The molecule has 3 nitrogen and oxygen atoms in total. The van der Waals surface area contributed by atoms with E-state index >= 15 is 0 Å². The zero-order chi connectivity index (χ0) is 15.6. The minimum absolute atomic E-state index is 0.0860. The Hall–Kier alpha value is -1.39. The van der Waals surface area contributed by atoms with Gasteiger partial charge in [0.05, 0.1) is 16.5 Å². The van der Waals surface area contributed by atoms with Gasteiger partial charge in [-0.15, -0.1) is 11.6 Å². The quantitative estimate of drug-likeness (QED) is 0.776. The molecule has 0 fully saturated rings. The van der Waals surface area contributed by atoms with Crippen LogP contribution in [0.2, 0.25) is 0 Å². The van der Waals surface area contributed by atoms with E-state index in [1.165, 1.54) is 0 Å². The first kappa shape index (κ1) is 16.0. The number of benzene rings is 1. The molecular weight excluding hydrogens is 323 g/mol. The van der Waals surface area contributed by atoms with Crippen LogP contribution in [0.4, 0.5) is 13.2 Å². The van der Waals surface area contributed by atoms with Crippen LogP contribution in [0.1, 0.15) is 23.7 Å². The summed E-state index contributed by atoms with van der Waals surface area (Å²) in [4.78, 5) is 4.32. The molecule has 0 saturated carbocycles. The van der Waals surface area contributed by atoms with Crippen molar-refractivity contribution in [3.8, 4) is 6.07 Å². The molecule has 0 radical (unpaired) electrons. The van der Waals surface area contributed by atoms with E-state index < -0.39 is 10.9 Å². The highest BCUT2D eigenvalue weighted by molar-refractivity contribution is 8.00. The Morgan fingerprint density at radius 2 is 2.19 bits per heavy atom. The zero-order valence-corrected chi connectivity index (χ0v) is 12.6. The fourth-order valence-corrected chi connectivity index (χ4v) is 2.72. The Morgan fingerprint density at radius 1 is 1.48 bits per heavy atom. The summed E-state index contributed by atoms with van der Waals surface area (Å²) in [6.07, 6.45) is 0. The minimum atomic E-state index is -4.26. The first-order valence-corrected chi connectivity index (χ1v) is 7.49. The molecule has 0 spiro atoms. The van der Waals surface area contributed by atoms with Crippen LogP contribution in [0.5, 0.6) is 0 Å². The van der Waals surface area contributed by atoms with E-state index in [2.05, 4.69) is 4.98 Å². The van der Waals surface area contributed by atoms with Crippen molar-refractivity contribution in [2.75, 3.05) is 5.75 Å². The maximum Gasteiger partial charge on any atom is 0.441 e. The van der Waals surface area contributed by atoms with Crippen LogP contribution in [0.15, 0.2) is 18.2 Å². The maximum absolute atomic E-state index is 12.2. The SMILES string of the molecule is CC(Cl)c1nc2c(C#N)cccc2n1CCSC(F)(F)F. The van der Waals surface area contributed by atoms with Gasteiger partial charge >= 0.3 is 5.51 Å². The number of para-hydroxylation sites is 1. The summed E-state index contributed by atoms with van der Waals surface area (Å²) < 4.78 is 38.4. The molecule has 112 valence electrons. The normalized spacial score (nSPS) is 13.3. The van der Waals surface area contributed by atoms with Gasteiger partial charge in [-0.3, -0.25) is 0 Å². The standard InChI is InChI=1S/C13H11ClF3N3S/c1-8(14)12-19-11-9(7-18)3-2-4-10(11)20(12)5-6-21-13(15,16)17/h2-4,8H,5-6H2,1H3. The van der Waals surface area contributed by atoms with E-state index in [4.69, 9.17) is 16.9 Å². The van der Waals surface area contributed by atoms with Gasteiger partial charge in [-0.2, -0.15) is 18.4 Å². The van der Waals surface area contributed by atoms with Crippen molar-refractivity contribution in [3.63, 3.8) is 0 Å². The Morgan fingerprint density at radius 3 is 2.76 bits per heavy atom. The Bertz CT molecular complexity index is 688. The summed E-state index contributed by atoms with van der Waals surface area (Å²) >= 11 is 5.96. The van der Waals surface area contributed by atoms with Crippen molar-refractivity contribution in [2.24, 2.45) is 0 Å². The van der Waals surface area contributed by atoms with Crippen LogP contribution >= 0.6 is 23.4 Å². The second-order valence-electron chi connectivity index (χ2n) is 4.32. The number of fused-ring (bicyclic) bond motifs is 1. The third-order valence-corrected chi connectivity index (χ3v) is 3.77. The average Bonchev–Trinajstić information content (AvgIpc) is 2.76. The monoisotopic (exact) mass is 333 g/mol. The van der Waals surface area contributed by atoms with E-state index in [9.17, 15) is 13.2 Å². The number of alkyl halides is 4. The van der Waals surface area contributed by atoms with E-state index in [1.807, 2.05) is 6.07 Å². The van der Waals surface area contributed by atoms with E-state index in [1.54, 1.807) is 29.7 Å². The number of rotatable bonds is 4. The second kappa shape index (κ2) is 6.16. The molecule has 0 saturated heterocycles. The number of nitrogens with zero attached hydrogens (tertiary/aromatic N) is 3. The maximum atomic E-state index is 12.2. The fraction of sp³-hybridized carbons (Fsp3) is 0.385. The second-order valence-corrected chi connectivity index (χ2v) is 6.13. The van der Waals surface area contributed by atoms with Crippen molar-refractivity contribution in [3.05, 3.63) is 29.6 Å². The Labute approximate surface area is 128 Å². The predicted molar refractivity (Wildman–Crippen MR) is 77.2 cm³/mol. The number of hydrogen-bond acceptors (Lipinski definition) is 3. The molecule has 2 aromatic rings. The summed E-state index contributed by atoms with van der Waals surface area (Å²) in [5, 5.41) is 8.61. The molecule has 1 unspecified atom stereocenters. The van der Waals surface area contributed by atoms with Gasteiger partial charge in [-0.25, -0.2) is 4.98 Å². The molecule has 0 aliphatic carbocycles.